The highest BCUT2D eigenvalue weighted by atomic mass is 79.9. The monoisotopic (exact) mass is 315 g/mol. The molecule has 2 rings (SSSR count). The summed E-state index contributed by atoms with van der Waals surface area (Å²) in [6.45, 7) is 4.36. The van der Waals surface area contributed by atoms with Crippen molar-refractivity contribution in [3.8, 4) is 5.75 Å². The lowest BCUT2D eigenvalue weighted by Crippen LogP contribution is -1.95. The van der Waals surface area contributed by atoms with Gasteiger partial charge in [-0.25, -0.2) is 9.37 Å². The molecule has 0 aliphatic heterocycles. The Balaban J connectivity index is 2.07. The lowest BCUT2D eigenvalue weighted by Gasteiger charge is -2.04. The van der Waals surface area contributed by atoms with Crippen molar-refractivity contribution in [3.05, 3.63) is 44.1 Å². The summed E-state index contributed by atoms with van der Waals surface area (Å²) in [6.07, 6.45) is 0. The van der Waals surface area contributed by atoms with Crippen LogP contribution in [0.2, 0.25) is 0 Å². The molecule has 1 aromatic heterocycles. The van der Waals surface area contributed by atoms with Crippen molar-refractivity contribution in [2.45, 2.75) is 20.5 Å². The molecule has 90 valence electrons. The molecule has 0 aliphatic carbocycles. The maximum Gasteiger partial charge on any atom is 0.140 e. The molecule has 17 heavy (non-hydrogen) atoms. The Morgan fingerprint density at radius 2 is 2.12 bits per heavy atom. The molecule has 0 saturated carbocycles. The molecular formula is C12H11BrFNOS. The lowest BCUT2D eigenvalue weighted by molar-refractivity contribution is 0.303. The van der Waals surface area contributed by atoms with Crippen LogP contribution < -0.4 is 4.74 Å². The fourth-order valence-corrected chi connectivity index (χ4v) is 2.65. The molecular weight excluding hydrogens is 305 g/mol. The predicted molar refractivity (Wildman–Crippen MR) is 70.0 cm³/mol. The minimum atomic E-state index is -0.319. The van der Waals surface area contributed by atoms with Crippen LogP contribution in [-0.4, -0.2) is 4.98 Å². The Labute approximate surface area is 112 Å². The zero-order valence-corrected chi connectivity index (χ0v) is 11.9. The SMILES string of the molecule is Cc1nc(COc2cc(F)cc(Br)c2)sc1C. The first-order chi connectivity index (χ1) is 8.04. The van der Waals surface area contributed by atoms with Gasteiger partial charge < -0.3 is 4.74 Å². The first-order valence-corrected chi connectivity index (χ1v) is 6.67. The van der Waals surface area contributed by atoms with Gasteiger partial charge in [-0.1, -0.05) is 15.9 Å². The summed E-state index contributed by atoms with van der Waals surface area (Å²) in [7, 11) is 0. The highest BCUT2D eigenvalue weighted by molar-refractivity contribution is 9.10. The summed E-state index contributed by atoms with van der Waals surface area (Å²) in [5, 5.41) is 0.903. The van der Waals surface area contributed by atoms with E-state index in [1.54, 1.807) is 17.4 Å². The summed E-state index contributed by atoms with van der Waals surface area (Å²) in [5.41, 5.74) is 1.02. The van der Waals surface area contributed by atoms with Crippen molar-refractivity contribution in [1.82, 2.24) is 4.98 Å². The highest BCUT2D eigenvalue weighted by Gasteiger charge is 2.05. The average Bonchev–Trinajstić information content (AvgIpc) is 2.54. The fourth-order valence-electron chi connectivity index (χ4n) is 1.36. The summed E-state index contributed by atoms with van der Waals surface area (Å²) < 4.78 is 19.3. The largest absolute Gasteiger partial charge is 0.486 e. The second-order valence-electron chi connectivity index (χ2n) is 3.64. The van der Waals surface area contributed by atoms with Gasteiger partial charge in [-0.3, -0.25) is 0 Å². The van der Waals surface area contributed by atoms with Crippen molar-refractivity contribution in [1.29, 1.82) is 0 Å². The number of nitrogens with zero attached hydrogens (tertiary/aromatic N) is 1. The first kappa shape index (κ1) is 12.5. The third-order valence-electron chi connectivity index (χ3n) is 2.27. The topological polar surface area (TPSA) is 22.1 Å². The molecule has 0 spiro atoms. The molecule has 0 fully saturated rings. The van der Waals surface area contributed by atoms with Gasteiger partial charge in [0, 0.05) is 15.4 Å². The Kier molecular flexibility index (Phi) is 3.79. The molecule has 0 atom stereocenters. The number of aromatic nitrogens is 1. The minimum Gasteiger partial charge on any atom is -0.486 e. The molecule has 2 aromatic rings. The summed E-state index contributed by atoms with van der Waals surface area (Å²) >= 11 is 4.82. The number of ether oxygens (including phenoxy) is 1. The number of halogens is 2. The maximum absolute atomic E-state index is 13.1. The van der Waals surface area contributed by atoms with Gasteiger partial charge in [-0.05, 0) is 26.0 Å². The van der Waals surface area contributed by atoms with Crippen LogP contribution in [0, 0.1) is 19.7 Å². The zero-order valence-electron chi connectivity index (χ0n) is 9.46. The van der Waals surface area contributed by atoms with E-state index in [0.717, 1.165) is 10.7 Å². The zero-order chi connectivity index (χ0) is 12.4. The first-order valence-electron chi connectivity index (χ1n) is 5.06. The summed E-state index contributed by atoms with van der Waals surface area (Å²) in [5.74, 6) is 0.184. The Morgan fingerprint density at radius 3 is 2.71 bits per heavy atom. The maximum atomic E-state index is 13.1. The van der Waals surface area contributed by atoms with E-state index >= 15 is 0 Å². The molecule has 0 bridgehead atoms. The molecule has 0 aliphatic rings. The van der Waals surface area contributed by atoms with Gasteiger partial charge in [0.25, 0.3) is 0 Å². The van der Waals surface area contributed by atoms with Crippen LogP contribution in [0.4, 0.5) is 4.39 Å². The molecule has 0 N–H and O–H groups in total. The minimum absolute atomic E-state index is 0.319. The number of benzene rings is 1. The standard InChI is InChI=1S/C12H11BrFNOS/c1-7-8(2)17-12(15-7)6-16-11-4-9(13)3-10(14)5-11/h3-5H,6H2,1-2H3. The summed E-state index contributed by atoms with van der Waals surface area (Å²) in [6, 6.07) is 4.49. The quantitative estimate of drug-likeness (QED) is 0.845. The number of thiazole rings is 1. The van der Waals surface area contributed by atoms with Crippen molar-refractivity contribution >= 4 is 27.3 Å². The van der Waals surface area contributed by atoms with Crippen molar-refractivity contribution in [2.75, 3.05) is 0 Å². The van der Waals surface area contributed by atoms with E-state index in [-0.39, 0.29) is 5.82 Å². The molecule has 2 nitrogen and oxygen atoms in total. The van der Waals surface area contributed by atoms with Crippen LogP contribution in [0.5, 0.6) is 5.75 Å². The number of hydrogen-bond acceptors (Lipinski definition) is 3. The van der Waals surface area contributed by atoms with Crippen LogP contribution in [0.1, 0.15) is 15.6 Å². The van der Waals surface area contributed by atoms with Gasteiger partial charge in [-0.15, -0.1) is 11.3 Å². The predicted octanol–water partition coefficient (Wildman–Crippen LogP) is 4.24. The van der Waals surface area contributed by atoms with Crippen molar-refractivity contribution in [3.63, 3.8) is 0 Å². The van der Waals surface area contributed by atoms with Crippen LogP contribution in [-0.2, 0) is 6.61 Å². The molecule has 1 heterocycles. The molecule has 1 aromatic carbocycles. The summed E-state index contributed by atoms with van der Waals surface area (Å²) in [4.78, 5) is 5.54. The average molecular weight is 316 g/mol. The van der Waals surface area contributed by atoms with E-state index in [1.807, 2.05) is 13.8 Å². The molecule has 0 saturated heterocycles. The van der Waals surface area contributed by atoms with Gasteiger partial charge >= 0.3 is 0 Å². The third kappa shape index (κ3) is 3.26. The lowest BCUT2D eigenvalue weighted by atomic mass is 10.3. The third-order valence-corrected chi connectivity index (χ3v) is 3.78. The van der Waals surface area contributed by atoms with Gasteiger partial charge in [0.2, 0.25) is 0 Å². The van der Waals surface area contributed by atoms with E-state index < -0.39 is 0 Å². The Hall–Kier alpha value is -0.940. The molecule has 0 amide bonds. The van der Waals surface area contributed by atoms with Crippen molar-refractivity contribution in [2.24, 2.45) is 0 Å². The molecule has 0 unspecified atom stereocenters. The van der Waals surface area contributed by atoms with E-state index in [4.69, 9.17) is 4.74 Å². The van der Waals surface area contributed by atoms with E-state index in [0.29, 0.717) is 16.8 Å². The van der Waals surface area contributed by atoms with E-state index in [2.05, 4.69) is 20.9 Å². The van der Waals surface area contributed by atoms with E-state index in [1.165, 1.54) is 17.0 Å². The van der Waals surface area contributed by atoms with E-state index in [9.17, 15) is 4.39 Å². The van der Waals surface area contributed by atoms with Gasteiger partial charge in [0.05, 0.1) is 5.69 Å². The van der Waals surface area contributed by atoms with Gasteiger partial charge in [0.1, 0.15) is 23.2 Å². The Bertz CT molecular complexity index is 502. The number of hydrogen-bond donors (Lipinski definition) is 0. The number of rotatable bonds is 3. The Morgan fingerprint density at radius 1 is 1.35 bits per heavy atom. The second kappa shape index (κ2) is 5.14. The smallest absolute Gasteiger partial charge is 0.140 e. The fraction of sp³-hybridized carbons (Fsp3) is 0.250. The molecule has 5 heteroatoms. The highest BCUT2D eigenvalue weighted by Crippen LogP contribution is 2.23. The van der Waals surface area contributed by atoms with Crippen LogP contribution >= 0.6 is 27.3 Å². The normalized spacial score (nSPS) is 10.6. The van der Waals surface area contributed by atoms with Crippen molar-refractivity contribution < 1.29 is 9.13 Å². The van der Waals surface area contributed by atoms with Crippen LogP contribution in [0.15, 0.2) is 22.7 Å². The van der Waals surface area contributed by atoms with Crippen LogP contribution in [0.3, 0.4) is 0 Å². The number of aryl methyl sites for hydroxylation is 2. The van der Waals surface area contributed by atoms with Gasteiger partial charge in [-0.2, -0.15) is 0 Å². The van der Waals surface area contributed by atoms with Gasteiger partial charge in [0.15, 0.2) is 0 Å². The second-order valence-corrected chi connectivity index (χ2v) is 5.85. The van der Waals surface area contributed by atoms with Crippen LogP contribution in [0.25, 0.3) is 0 Å². The molecule has 0 radical (unpaired) electrons.